The maximum absolute atomic E-state index is 6.02. The number of halogens is 2. The van der Waals surface area contributed by atoms with E-state index in [1.807, 2.05) is 38.2 Å². The molecule has 102 valence electrons. The van der Waals surface area contributed by atoms with Crippen LogP contribution in [0.4, 0.5) is 5.69 Å². The van der Waals surface area contributed by atoms with Gasteiger partial charge in [0.2, 0.25) is 0 Å². The maximum Gasteiger partial charge on any atom is 0.118 e. The van der Waals surface area contributed by atoms with Crippen LogP contribution < -0.4 is 5.73 Å². The number of benzene rings is 1. The Hall–Kier alpha value is -1.16. The van der Waals surface area contributed by atoms with E-state index >= 15 is 0 Å². The molecule has 1 aromatic carbocycles. The summed E-state index contributed by atoms with van der Waals surface area (Å²) in [5.41, 5.74) is 7.17. The molecule has 2 N–H and O–H groups in total. The van der Waals surface area contributed by atoms with Crippen LogP contribution in [0.25, 0.3) is 0 Å². The van der Waals surface area contributed by atoms with E-state index < -0.39 is 0 Å². The van der Waals surface area contributed by atoms with Crippen LogP contribution in [-0.2, 0) is 13.1 Å². The smallest absolute Gasteiger partial charge is 0.118 e. The van der Waals surface area contributed by atoms with Gasteiger partial charge in [0.15, 0.2) is 0 Å². The molecule has 0 radical (unpaired) electrons. The molecule has 5 heteroatoms. The normalized spacial score (nSPS) is 11.2. The molecule has 0 saturated carbocycles. The van der Waals surface area contributed by atoms with Gasteiger partial charge in [0.25, 0.3) is 0 Å². The lowest BCUT2D eigenvalue weighted by Gasteiger charge is -2.16. The molecule has 0 atom stereocenters. The zero-order chi connectivity index (χ0) is 14.0. The fourth-order valence-electron chi connectivity index (χ4n) is 1.93. The average molecular weight is 299 g/mol. The van der Waals surface area contributed by atoms with Crippen molar-refractivity contribution in [3.05, 3.63) is 51.4 Å². The van der Waals surface area contributed by atoms with Crippen molar-refractivity contribution in [1.29, 1.82) is 0 Å². The third-order valence-electron chi connectivity index (χ3n) is 2.81. The molecule has 2 rings (SSSR count). The van der Waals surface area contributed by atoms with Gasteiger partial charge >= 0.3 is 0 Å². The number of nitrogen functional groups attached to an aromatic ring is 1. The second-order valence-electron chi connectivity index (χ2n) is 4.66. The Morgan fingerprint density at radius 1 is 1.16 bits per heavy atom. The molecule has 19 heavy (non-hydrogen) atoms. The van der Waals surface area contributed by atoms with Crippen LogP contribution in [0.5, 0.6) is 0 Å². The quantitative estimate of drug-likeness (QED) is 0.864. The SMILES string of the molecule is Cc1ccc(CN(C)Cc2cc(Cl)c(N)c(Cl)c2)o1. The number of anilines is 1. The van der Waals surface area contributed by atoms with Crippen LogP contribution in [0.2, 0.25) is 10.0 Å². The van der Waals surface area contributed by atoms with Gasteiger partial charge in [-0.15, -0.1) is 0 Å². The van der Waals surface area contributed by atoms with Crippen LogP contribution in [0.1, 0.15) is 17.1 Å². The second kappa shape index (κ2) is 5.87. The largest absolute Gasteiger partial charge is 0.465 e. The molecule has 0 unspecified atom stereocenters. The molecule has 1 aromatic heterocycles. The number of nitrogens with two attached hydrogens (primary N) is 1. The average Bonchev–Trinajstić information content (AvgIpc) is 2.71. The molecule has 0 fully saturated rings. The highest BCUT2D eigenvalue weighted by molar-refractivity contribution is 6.38. The Kier molecular flexibility index (Phi) is 4.40. The minimum atomic E-state index is 0.427. The molecule has 0 saturated heterocycles. The van der Waals surface area contributed by atoms with E-state index in [4.69, 9.17) is 33.4 Å². The second-order valence-corrected chi connectivity index (χ2v) is 5.47. The van der Waals surface area contributed by atoms with E-state index in [2.05, 4.69) is 4.90 Å². The molecular formula is C14H16Cl2N2O. The number of rotatable bonds is 4. The number of hydrogen-bond acceptors (Lipinski definition) is 3. The molecule has 1 heterocycles. The van der Waals surface area contributed by atoms with Gasteiger partial charge < -0.3 is 10.2 Å². The van der Waals surface area contributed by atoms with E-state index in [9.17, 15) is 0 Å². The fraction of sp³-hybridized carbons (Fsp3) is 0.286. The van der Waals surface area contributed by atoms with Crippen LogP contribution in [-0.4, -0.2) is 11.9 Å². The Morgan fingerprint density at radius 3 is 2.32 bits per heavy atom. The van der Waals surface area contributed by atoms with Crippen molar-refractivity contribution in [3.8, 4) is 0 Å². The minimum Gasteiger partial charge on any atom is -0.465 e. The molecule has 3 nitrogen and oxygen atoms in total. The van der Waals surface area contributed by atoms with E-state index in [1.165, 1.54) is 0 Å². The zero-order valence-electron chi connectivity index (χ0n) is 10.9. The van der Waals surface area contributed by atoms with Crippen LogP contribution >= 0.6 is 23.2 Å². The van der Waals surface area contributed by atoms with Crippen molar-refractivity contribution in [3.63, 3.8) is 0 Å². The van der Waals surface area contributed by atoms with Crippen molar-refractivity contribution in [2.45, 2.75) is 20.0 Å². The summed E-state index contributed by atoms with van der Waals surface area (Å²) in [6, 6.07) is 7.62. The first-order chi connectivity index (χ1) is 8.95. The van der Waals surface area contributed by atoms with Gasteiger partial charge in [0, 0.05) is 6.54 Å². The van der Waals surface area contributed by atoms with Crippen molar-refractivity contribution >= 4 is 28.9 Å². The summed E-state index contributed by atoms with van der Waals surface area (Å²) < 4.78 is 5.54. The molecule has 0 bridgehead atoms. The highest BCUT2D eigenvalue weighted by atomic mass is 35.5. The maximum atomic E-state index is 6.02. The van der Waals surface area contributed by atoms with E-state index in [-0.39, 0.29) is 0 Å². The summed E-state index contributed by atoms with van der Waals surface area (Å²) in [7, 11) is 2.01. The van der Waals surface area contributed by atoms with E-state index in [0.717, 1.165) is 30.2 Å². The molecule has 0 aliphatic carbocycles. The summed E-state index contributed by atoms with van der Waals surface area (Å²) in [6.45, 7) is 3.38. The summed E-state index contributed by atoms with van der Waals surface area (Å²) in [5.74, 6) is 1.86. The summed E-state index contributed by atoms with van der Waals surface area (Å²) in [5, 5.41) is 0.981. The van der Waals surface area contributed by atoms with Gasteiger partial charge in [0.1, 0.15) is 11.5 Å². The van der Waals surface area contributed by atoms with Crippen LogP contribution in [0, 0.1) is 6.92 Å². The van der Waals surface area contributed by atoms with Gasteiger partial charge in [0.05, 0.1) is 22.3 Å². The first kappa shape index (κ1) is 14.3. The third-order valence-corrected chi connectivity index (χ3v) is 3.44. The predicted molar refractivity (Wildman–Crippen MR) is 79.5 cm³/mol. The Labute approximate surface area is 122 Å². The molecular weight excluding hydrogens is 283 g/mol. The van der Waals surface area contributed by atoms with Crippen molar-refractivity contribution in [2.75, 3.05) is 12.8 Å². The lowest BCUT2D eigenvalue weighted by Crippen LogP contribution is -2.17. The first-order valence-corrected chi connectivity index (χ1v) is 6.68. The lowest BCUT2D eigenvalue weighted by molar-refractivity contribution is 0.285. The number of aryl methyl sites for hydroxylation is 1. The van der Waals surface area contributed by atoms with E-state index in [0.29, 0.717) is 15.7 Å². The van der Waals surface area contributed by atoms with Crippen LogP contribution in [0.15, 0.2) is 28.7 Å². The third kappa shape index (κ3) is 3.66. The molecule has 0 amide bonds. The van der Waals surface area contributed by atoms with Gasteiger partial charge in [-0.1, -0.05) is 23.2 Å². The van der Waals surface area contributed by atoms with Crippen molar-refractivity contribution < 1.29 is 4.42 Å². The van der Waals surface area contributed by atoms with Crippen molar-refractivity contribution in [1.82, 2.24) is 4.90 Å². The number of hydrogen-bond donors (Lipinski definition) is 1. The minimum absolute atomic E-state index is 0.427. The monoisotopic (exact) mass is 298 g/mol. The summed E-state index contributed by atoms with van der Waals surface area (Å²) in [6.07, 6.45) is 0. The highest BCUT2D eigenvalue weighted by Gasteiger charge is 2.08. The molecule has 2 aromatic rings. The van der Waals surface area contributed by atoms with Gasteiger partial charge in [-0.2, -0.15) is 0 Å². The highest BCUT2D eigenvalue weighted by Crippen LogP contribution is 2.29. The van der Waals surface area contributed by atoms with Gasteiger partial charge in [-0.05, 0) is 43.8 Å². The Morgan fingerprint density at radius 2 is 1.79 bits per heavy atom. The molecule has 0 spiro atoms. The summed E-state index contributed by atoms with van der Waals surface area (Å²) >= 11 is 12.0. The van der Waals surface area contributed by atoms with Crippen molar-refractivity contribution in [2.24, 2.45) is 0 Å². The molecule has 0 aliphatic heterocycles. The van der Waals surface area contributed by atoms with Gasteiger partial charge in [-0.3, -0.25) is 4.90 Å². The lowest BCUT2D eigenvalue weighted by atomic mass is 10.2. The topological polar surface area (TPSA) is 42.4 Å². The first-order valence-electron chi connectivity index (χ1n) is 5.93. The Balaban J connectivity index is 2.04. The number of furan rings is 1. The predicted octanol–water partition coefficient (Wildman–Crippen LogP) is 4.11. The Bertz CT molecular complexity index is 558. The number of nitrogens with zero attached hydrogens (tertiary/aromatic N) is 1. The summed E-state index contributed by atoms with van der Waals surface area (Å²) in [4.78, 5) is 2.12. The zero-order valence-corrected chi connectivity index (χ0v) is 12.4. The fourth-order valence-corrected chi connectivity index (χ4v) is 2.46. The van der Waals surface area contributed by atoms with E-state index in [1.54, 1.807) is 0 Å². The van der Waals surface area contributed by atoms with Gasteiger partial charge in [-0.25, -0.2) is 0 Å². The van der Waals surface area contributed by atoms with Crippen LogP contribution in [0.3, 0.4) is 0 Å². The standard InChI is InChI=1S/C14H16Cl2N2O/c1-9-3-4-11(19-9)8-18(2)7-10-5-12(15)14(17)13(16)6-10/h3-6H,7-8,17H2,1-2H3. The molecule has 0 aliphatic rings.